The van der Waals surface area contributed by atoms with Crippen molar-refractivity contribution >= 4 is 38.2 Å². The van der Waals surface area contributed by atoms with Gasteiger partial charge in [-0.1, -0.05) is 48.0 Å². The van der Waals surface area contributed by atoms with E-state index in [0.717, 1.165) is 11.1 Å². The molecule has 224 valence electrons. The fourth-order valence-electron chi connectivity index (χ4n) is 3.87. The maximum Gasteiger partial charge on any atom is 0.339 e. The quantitative estimate of drug-likeness (QED) is 0.0964. The first kappa shape index (κ1) is 31.6. The van der Waals surface area contributed by atoms with Crippen molar-refractivity contribution in [3.05, 3.63) is 112 Å². The second kappa shape index (κ2) is 14.7. The molecule has 0 unspecified atom stereocenters. The molecule has 0 bridgehead atoms. The van der Waals surface area contributed by atoms with Gasteiger partial charge in [0.25, 0.3) is 5.91 Å². The van der Waals surface area contributed by atoms with Crippen LogP contribution in [0.4, 0.5) is 0 Å². The lowest BCUT2D eigenvalue weighted by Gasteiger charge is -2.14. The van der Waals surface area contributed by atoms with Gasteiger partial charge in [-0.25, -0.2) is 5.43 Å². The zero-order chi connectivity index (χ0) is 30.8. The number of halogens is 1. The van der Waals surface area contributed by atoms with Crippen molar-refractivity contribution in [1.29, 1.82) is 0 Å². The highest BCUT2D eigenvalue weighted by atomic mass is 79.9. The average Bonchev–Trinajstić information content (AvgIpc) is 2.99. The zero-order valence-corrected chi connectivity index (χ0v) is 26.3. The molecule has 0 fully saturated rings. The normalized spacial score (nSPS) is 11.3. The van der Waals surface area contributed by atoms with E-state index < -0.39 is 16.0 Å². The number of hydrazone groups is 1. The molecule has 0 atom stereocenters. The minimum absolute atomic E-state index is 0.00152. The Morgan fingerprint density at radius 3 is 2.26 bits per heavy atom. The van der Waals surface area contributed by atoms with Crippen LogP contribution >= 0.6 is 15.9 Å². The van der Waals surface area contributed by atoms with Crippen LogP contribution in [0.2, 0.25) is 0 Å². The molecule has 0 aliphatic carbocycles. The number of carbonyl (C=O) groups excluding carboxylic acids is 1. The van der Waals surface area contributed by atoms with Crippen LogP contribution in [-0.4, -0.2) is 33.8 Å². The van der Waals surface area contributed by atoms with Gasteiger partial charge in [0.1, 0.15) is 11.5 Å². The van der Waals surface area contributed by atoms with Crippen LogP contribution in [0.5, 0.6) is 23.0 Å². The molecule has 4 rings (SSSR count). The van der Waals surface area contributed by atoms with Gasteiger partial charge in [-0.15, -0.1) is 0 Å². The highest BCUT2D eigenvalue weighted by Crippen LogP contribution is 2.38. The van der Waals surface area contributed by atoms with E-state index in [0.29, 0.717) is 40.3 Å². The summed E-state index contributed by atoms with van der Waals surface area (Å²) in [5, 5.41) is 4.06. The predicted octanol–water partition coefficient (Wildman–Crippen LogP) is 6.67. The summed E-state index contributed by atoms with van der Waals surface area (Å²) in [4.78, 5) is 12.9. The predicted molar refractivity (Wildman–Crippen MR) is 168 cm³/mol. The Morgan fingerprint density at radius 2 is 1.56 bits per heavy atom. The number of amides is 1. The highest BCUT2D eigenvalue weighted by Gasteiger charge is 2.22. The van der Waals surface area contributed by atoms with Crippen molar-refractivity contribution in [1.82, 2.24) is 5.43 Å². The number of hydrogen-bond acceptors (Lipinski definition) is 8. The molecule has 0 aromatic heterocycles. The fourth-order valence-corrected chi connectivity index (χ4v) is 5.48. The number of nitrogens with one attached hydrogen (secondary N) is 1. The summed E-state index contributed by atoms with van der Waals surface area (Å²) in [7, 11) is -4.11. The standard InChI is InChI=1S/C32H31BrN2O7S/c1-4-39-29-19-25(13-16-28(29)41-21-23-9-7-6-8-10-23)32(36)35-34-20-24-17-27(33)31(30(18-24)40-5-2)42-43(37,38)26-14-11-22(3)12-15-26/h6-20H,4-5,21H2,1-3H3,(H,35,36)/b34-20+. The van der Waals surface area contributed by atoms with Gasteiger partial charge in [-0.2, -0.15) is 13.5 Å². The van der Waals surface area contributed by atoms with Crippen LogP contribution in [-0.2, 0) is 16.7 Å². The molecule has 43 heavy (non-hydrogen) atoms. The molecule has 11 heteroatoms. The molecule has 0 aliphatic rings. The van der Waals surface area contributed by atoms with Gasteiger partial charge in [0.05, 0.1) is 23.9 Å². The number of rotatable bonds is 13. The molecular weight excluding hydrogens is 636 g/mol. The van der Waals surface area contributed by atoms with E-state index in [1.807, 2.05) is 44.2 Å². The molecular formula is C32H31BrN2O7S. The van der Waals surface area contributed by atoms with Crippen molar-refractivity contribution in [3.8, 4) is 23.0 Å². The summed E-state index contributed by atoms with van der Waals surface area (Å²) in [6, 6.07) is 24.1. The summed E-state index contributed by atoms with van der Waals surface area (Å²) in [5.41, 5.74) is 5.27. The lowest BCUT2D eigenvalue weighted by Crippen LogP contribution is -2.18. The lowest BCUT2D eigenvalue weighted by atomic mass is 10.2. The Bertz CT molecular complexity index is 1690. The fraction of sp³-hybridized carbons (Fsp3) is 0.188. The number of benzene rings is 4. The topological polar surface area (TPSA) is 113 Å². The van der Waals surface area contributed by atoms with Crippen LogP contribution in [0, 0.1) is 6.92 Å². The molecule has 0 spiro atoms. The second-order valence-electron chi connectivity index (χ2n) is 9.18. The van der Waals surface area contributed by atoms with Crippen LogP contribution in [0.3, 0.4) is 0 Å². The van der Waals surface area contributed by atoms with Gasteiger partial charge in [0, 0.05) is 5.56 Å². The third-order valence-electron chi connectivity index (χ3n) is 5.96. The first-order valence-corrected chi connectivity index (χ1v) is 15.6. The molecule has 0 aliphatic heterocycles. The van der Waals surface area contributed by atoms with Gasteiger partial charge < -0.3 is 18.4 Å². The van der Waals surface area contributed by atoms with Crippen molar-refractivity contribution in [2.45, 2.75) is 32.3 Å². The summed E-state index contributed by atoms with van der Waals surface area (Å²) >= 11 is 3.38. The van der Waals surface area contributed by atoms with Gasteiger partial charge in [0.2, 0.25) is 0 Å². The third-order valence-corrected chi connectivity index (χ3v) is 7.78. The highest BCUT2D eigenvalue weighted by molar-refractivity contribution is 9.10. The first-order chi connectivity index (χ1) is 20.7. The zero-order valence-electron chi connectivity index (χ0n) is 23.9. The summed E-state index contributed by atoms with van der Waals surface area (Å²) in [6.07, 6.45) is 1.41. The smallest absolute Gasteiger partial charge is 0.339 e. The Kier molecular flexibility index (Phi) is 10.8. The number of nitrogens with zero attached hydrogens (tertiary/aromatic N) is 1. The molecule has 0 radical (unpaired) electrons. The van der Waals surface area contributed by atoms with Crippen LogP contribution in [0.1, 0.15) is 40.9 Å². The average molecular weight is 668 g/mol. The third kappa shape index (κ3) is 8.59. The summed E-state index contributed by atoms with van der Waals surface area (Å²) in [6.45, 7) is 6.49. The van der Waals surface area contributed by atoms with Crippen LogP contribution in [0.25, 0.3) is 0 Å². The van der Waals surface area contributed by atoms with Crippen molar-refractivity contribution in [3.63, 3.8) is 0 Å². The SMILES string of the molecule is CCOc1cc(C(=O)N/N=C/c2cc(Br)c(OS(=O)(=O)c3ccc(C)cc3)c(OCC)c2)ccc1OCc1ccccc1. The molecule has 0 saturated carbocycles. The van der Waals surface area contributed by atoms with Crippen molar-refractivity contribution in [2.24, 2.45) is 5.10 Å². The van der Waals surface area contributed by atoms with Crippen molar-refractivity contribution < 1.29 is 31.6 Å². The summed E-state index contributed by atoms with van der Waals surface area (Å²) < 4.78 is 48.8. The van der Waals surface area contributed by atoms with Crippen molar-refractivity contribution in [2.75, 3.05) is 13.2 Å². The van der Waals surface area contributed by atoms with E-state index in [4.69, 9.17) is 18.4 Å². The maximum atomic E-state index is 12.9. The molecule has 1 N–H and O–H groups in total. The number of hydrogen-bond donors (Lipinski definition) is 1. The minimum Gasteiger partial charge on any atom is -0.490 e. The molecule has 0 heterocycles. The molecule has 4 aromatic carbocycles. The van der Waals surface area contributed by atoms with Crippen LogP contribution in [0.15, 0.2) is 99.4 Å². The van der Waals surface area contributed by atoms with E-state index in [-0.39, 0.29) is 23.0 Å². The van der Waals surface area contributed by atoms with E-state index in [9.17, 15) is 13.2 Å². The number of aryl methyl sites for hydroxylation is 1. The molecule has 9 nitrogen and oxygen atoms in total. The molecule has 4 aromatic rings. The minimum atomic E-state index is -4.11. The Balaban J connectivity index is 1.47. The van der Waals surface area contributed by atoms with E-state index in [2.05, 4.69) is 26.5 Å². The largest absolute Gasteiger partial charge is 0.490 e. The lowest BCUT2D eigenvalue weighted by molar-refractivity contribution is 0.0954. The maximum absolute atomic E-state index is 12.9. The van der Waals surface area contributed by atoms with E-state index in [1.54, 1.807) is 49.4 Å². The number of carbonyl (C=O) groups is 1. The van der Waals surface area contributed by atoms with Gasteiger partial charge in [-0.3, -0.25) is 4.79 Å². The first-order valence-electron chi connectivity index (χ1n) is 13.4. The Labute approximate surface area is 259 Å². The Morgan fingerprint density at radius 1 is 0.860 bits per heavy atom. The van der Waals surface area contributed by atoms with Gasteiger partial charge >= 0.3 is 10.1 Å². The monoisotopic (exact) mass is 666 g/mol. The second-order valence-corrected chi connectivity index (χ2v) is 11.6. The Hall–Kier alpha value is -4.35. The number of ether oxygens (including phenoxy) is 3. The van der Waals surface area contributed by atoms with Gasteiger partial charge in [0.15, 0.2) is 23.0 Å². The van der Waals surface area contributed by atoms with Crippen LogP contribution < -0.4 is 23.8 Å². The molecule has 0 saturated heterocycles. The van der Waals surface area contributed by atoms with E-state index in [1.165, 1.54) is 18.3 Å². The summed E-state index contributed by atoms with van der Waals surface area (Å²) in [5.74, 6) is 0.691. The molecule has 1 amide bonds. The van der Waals surface area contributed by atoms with Gasteiger partial charge in [-0.05, 0) is 90.3 Å². The van der Waals surface area contributed by atoms with E-state index >= 15 is 0 Å².